The Labute approximate surface area is 160 Å². The summed E-state index contributed by atoms with van der Waals surface area (Å²) >= 11 is 6.19. The van der Waals surface area contributed by atoms with Crippen molar-refractivity contribution in [2.75, 3.05) is 6.79 Å². The second-order valence-corrected chi connectivity index (χ2v) is 7.95. The van der Waals surface area contributed by atoms with Gasteiger partial charge in [0.25, 0.3) is 10.0 Å². The van der Waals surface area contributed by atoms with Crippen LogP contribution in [0.3, 0.4) is 0 Å². The molecule has 0 bridgehead atoms. The van der Waals surface area contributed by atoms with E-state index in [4.69, 9.17) is 21.1 Å². The van der Waals surface area contributed by atoms with Crippen molar-refractivity contribution in [2.24, 2.45) is 5.10 Å². The number of hydrazone groups is 1. The Morgan fingerprint density at radius 3 is 2.59 bits per heavy atom. The highest BCUT2D eigenvalue weighted by molar-refractivity contribution is 7.89. The quantitative estimate of drug-likeness (QED) is 0.410. The Hall–Kier alpha value is -2.84. The molecule has 0 aliphatic carbocycles. The summed E-state index contributed by atoms with van der Waals surface area (Å²) in [6.07, 6.45) is 1.31. The summed E-state index contributed by atoms with van der Waals surface area (Å²) in [4.78, 5) is 6.59. The van der Waals surface area contributed by atoms with Gasteiger partial charge in [0.15, 0.2) is 11.5 Å². The number of aryl methyl sites for hydroxylation is 1. The molecule has 0 radical (unpaired) electrons. The molecule has 1 aromatic heterocycles. The van der Waals surface area contributed by atoms with Gasteiger partial charge in [-0.05, 0) is 31.2 Å². The van der Waals surface area contributed by atoms with Crippen molar-refractivity contribution in [3.05, 3.63) is 58.7 Å². The lowest BCUT2D eigenvalue weighted by Gasteiger charge is -2.05. The molecule has 0 amide bonds. The summed E-state index contributed by atoms with van der Waals surface area (Å²) in [5.74, 6) is 1.23. The van der Waals surface area contributed by atoms with Gasteiger partial charge in [-0.3, -0.25) is 0 Å². The normalized spacial score (nSPS) is 13.4. The molecule has 4 rings (SSSR count). The van der Waals surface area contributed by atoms with Crippen LogP contribution in [0, 0.1) is 6.92 Å². The number of halogens is 1. The summed E-state index contributed by atoms with van der Waals surface area (Å²) in [6.45, 7) is 2.04. The highest BCUT2D eigenvalue weighted by Crippen LogP contribution is 2.36. The third-order valence-corrected chi connectivity index (χ3v) is 5.54. The topological polar surface area (TPSA) is 89.9 Å². The van der Waals surface area contributed by atoms with Crippen LogP contribution in [0.1, 0.15) is 11.1 Å². The van der Waals surface area contributed by atoms with Crippen molar-refractivity contribution in [3.63, 3.8) is 0 Å². The molecule has 3 aromatic rings. The van der Waals surface area contributed by atoms with Gasteiger partial charge in [-0.1, -0.05) is 29.3 Å². The Kier molecular flexibility index (Phi) is 4.37. The molecule has 2 heterocycles. The Balaban J connectivity index is 1.60. The van der Waals surface area contributed by atoms with Crippen LogP contribution in [0.5, 0.6) is 11.5 Å². The van der Waals surface area contributed by atoms with E-state index < -0.39 is 10.0 Å². The maximum Gasteiger partial charge on any atom is 0.276 e. The second kappa shape index (κ2) is 6.71. The molecule has 0 unspecified atom stereocenters. The lowest BCUT2D eigenvalue weighted by Crippen LogP contribution is -2.18. The third kappa shape index (κ3) is 3.54. The van der Waals surface area contributed by atoms with Crippen LogP contribution in [0.2, 0.25) is 5.15 Å². The van der Waals surface area contributed by atoms with Gasteiger partial charge in [-0.2, -0.15) is 13.5 Å². The zero-order valence-electron chi connectivity index (χ0n) is 14.1. The Morgan fingerprint density at radius 1 is 1.15 bits per heavy atom. The van der Waals surface area contributed by atoms with E-state index in [1.165, 1.54) is 18.3 Å². The molecule has 138 valence electrons. The first-order valence-electron chi connectivity index (χ1n) is 7.94. The molecule has 0 atom stereocenters. The SMILES string of the molecule is Cc1ccc(S(=O)(=O)N/N=C\c2cc3cc4c(cc3nc2Cl)OCO4)cc1. The fourth-order valence-electron chi connectivity index (χ4n) is 2.58. The summed E-state index contributed by atoms with van der Waals surface area (Å²) in [6, 6.07) is 11.7. The van der Waals surface area contributed by atoms with Crippen LogP contribution in [0.15, 0.2) is 52.5 Å². The Bertz CT molecular complexity index is 1160. The molecule has 2 aromatic carbocycles. The van der Waals surface area contributed by atoms with Gasteiger partial charge in [0.2, 0.25) is 6.79 Å². The number of hydrogen-bond acceptors (Lipinski definition) is 6. The molecule has 0 spiro atoms. The number of nitrogens with zero attached hydrogens (tertiary/aromatic N) is 2. The van der Waals surface area contributed by atoms with Crippen LogP contribution >= 0.6 is 11.6 Å². The molecule has 7 nitrogen and oxygen atoms in total. The smallest absolute Gasteiger partial charge is 0.276 e. The van der Waals surface area contributed by atoms with Crippen molar-refractivity contribution in [3.8, 4) is 11.5 Å². The van der Waals surface area contributed by atoms with E-state index in [0.717, 1.165) is 10.9 Å². The lowest BCUT2D eigenvalue weighted by atomic mass is 10.1. The van der Waals surface area contributed by atoms with E-state index >= 15 is 0 Å². The van der Waals surface area contributed by atoms with Crippen molar-refractivity contribution in [1.82, 2.24) is 9.82 Å². The van der Waals surface area contributed by atoms with Crippen molar-refractivity contribution in [2.45, 2.75) is 11.8 Å². The molecule has 27 heavy (non-hydrogen) atoms. The maximum atomic E-state index is 12.3. The predicted molar refractivity (Wildman–Crippen MR) is 102 cm³/mol. The highest BCUT2D eigenvalue weighted by atomic mass is 35.5. The minimum absolute atomic E-state index is 0.126. The standard InChI is InChI=1S/C18H14ClN3O4S/c1-11-2-4-14(5-3-11)27(23,24)22-20-9-13-6-12-7-16-17(26-10-25-16)8-15(12)21-18(13)19/h2-9,22H,10H2,1H3/b20-9-. The largest absolute Gasteiger partial charge is 0.454 e. The van der Waals surface area contributed by atoms with E-state index in [-0.39, 0.29) is 16.8 Å². The van der Waals surface area contributed by atoms with Gasteiger partial charge >= 0.3 is 0 Å². The predicted octanol–water partition coefficient (Wildman–Crippen LogP) is 3.24. The van der Waals surface area contributed by atoms with E-state index in [2.05, 4.69) is 14.9 Å². The number of rotatable bonds is 4. The molecular formula is C18H14ClN3O4S. The first-order chi connectivity index (χ1) is 12.9. The molecular weight excluding hydrogens is 390 g/mol. The van der Waals surface area contributed by atoms with Gasteiger partial charge in [0.1, 0.15) is 5.15 Å². The number of sulfonamides is 1. The third-order valence-electron chi connectivity index (χ3n) is 4.00. The summed E-state index contributed by atoms with van der Waals surface area (Å²) < 4.78 is 35.2. The number of ether oxygens (including phenoxy) is 2. The fourth-order valence-corrected chi connectivity index (χ4v) is 3.57. The number of fused-ring (bicyclic) bond motifs is 2. The summed E-state index contributed by atoms with van der Waals surface area (Å²) in [5, 5.41) is 4.77. The average molecular weight is 404 g/mol. The van der Waals surface area contributed by atoms with E-state index in [9.17, 15) is 8.42 Å². The molecule has 1 aliphatic rings. The zero-order valence-corrected chi connectivity index (χ0v) is 15.7. The van der Waals surface area contributed by atoms with E-state index in [1.807, 2.05) is 6.92 Å². The summed E-state index contributed by atoms with van der Waals surface area (Å²) in [5.41, 5.74) is 2.07. The Morgan fingerprint density at radius 2 is 1.85 bits per heavy atom. The first-order valence-corrected chi connectivity index (χ1v) is 9.80. The highest BCUT2D eigenvalue weighted by Gasteiger charge is 2.16. The van der Waals surface area contributed by atoms with Crippen molar-refractivity contribution in [1.29, 1.82) is 0 Å². The van der Waals surface area contributed by atoms with Crippen molar-refractivity contribution < 1.29 is 17.9 Å². The number of nitrogens with one attached hydrogen (secondary N) is 1. The maximum absolute atomic E-state index is 12.3. The van der Waals surface area contributed by atoms with Gasteiger partial charge in [0.05, 0.1) is 16.6 Å². The number of hydrogen-bond donors (Lipinski definition) is 1. The second-order valence-electron chi connectivity index (χ2n) is 5.93. The zero-order chi connectivity index (χ0) is 19.0. The molecule has 1 N–H and O–H groups in total. The minimum Gasteiger partial charge on any atom is -0.454 e. The molecule has 0 fully saturated rings. The number of aromatic nitrogens is 1. The van der Waals surface area contributed by atoms with Crippen LogP contribution in [-0.2, 0) is 10.0 Å². The monoisotopic (exact) mass is 403 g/mol. The average Bonchev–Trinajstić information content (AvgIpc) is 3.08. The molecule has 0 saturated heterocycles. The molecule has 0 saturated carbocycles. The minimum atomic E-state index is -3.76. The molecule has 1 aliphatic heterocycles. The van der Waals surface area contributed by atoms with Gasteiger partial charge < -0.3 is 9.47 Å². The van der Waals surface area contributed by atoms with Crippen LogP contribution < -0.4 is 14.3 Å². The number of pyridine rings is 1. The molecule has 9 heteroatoms. The van der Waals surface area contributed by atoms with Gasteiger partial charge in [-0.15, -0.1) is 0 Å². The van der Waals surface area contributed by atoms with E-state index in [1.54, 1.807) is 30.3 Å². The van der Waals surface area contributed by atoms with Crippen LogP contribution in [0.4, 0.5) is 0 Å². The van der Waals surface area contributed by atoms with Crippen LogP contribution in [0.25, 0.3) is 10.9 Å². The first kappa shape index (κ1) is 17.6. The lowest BCUT2D eigenvalue weighted by molar-refractivity contribution is 0.174. The summed E-state index contributed by atoms with van der Waals surface area (Å²) in [7, 11) is -3.76. The van der Waals surface area contributed by atoms with E-state index in [0.29, 0.717) is 22.6 Å². The van der Waals surface area contributed by atoms with Gasteiger partial charge in [0, 0.05) is 17.0 Å². The van der Waals surface area contributed by atoms with Crippen molar-refractivity contribution >= 4 is 38.7 Å². The van der Waals surface area contributed by atoms with Gasteiger partial charge in [-0.25, -0.2) is 9.82 Å². The number of benzene rings is 2. The fraction of sp³-hybridized carbons (Fsp3) is 0.111. The van der Waals surface area contributed by atoms with Crippen LogP contribution in [-0.4, -0.2) is 26.4 Å².